The number of H-pyrrole nitrogens is 1. The van der Waals surface area contributed by atoms with Crippen molar-refractivity contribution in [3.05, 3.63) is 60.3 Å². The quantitative estimate of drug-likeness (QED) is 0.465. The molecule has 0 saturated carbocycles. The second-order valence-electron chi connectivity index (χ2n) is 5.52. The van der Waals surface area contributed by atoms with E-state index in [0.717, 1.165) is 10.9 Å². The summed E-state index contributed by atoms with van der Waals surface area (Å²) in [5, 5.41) is 25.0. The predicted octanol–water partition coefficient (Wildman–Crippen LogP) is 1.66. The first kappa shape index (κ1) is 16.5. The van der Waals surface area contributed by atoms with Crippen LogP contribution in [0.3, 0.4) is 0 Å². The topological polar surface area (TPSA) is 114 Å². The number of aromatic hydroxyl groups is 1. The summed E-state index contributed by atoms with van der Waals surface area (Å²) in [5.74, 6) is -1.57. The Balaban J connectivity index is 1.58. The van der Waals surface area contributed by atoms with Gasteiger partial charge in [0.15, 0.2) is 0 Å². The predicted molar refractivity (Wildman–Crippen MR) is 93.0 cm³/mol. The van der Waals surface area contributed by atoms with Gasteiger partial charge in [-0.3, -0.25) is 9.59 Å². The number of phenolic OH excluding ortho intramolecular Hbond substituents is 1. The Morgan fingerprint density at radius 3 is 2.56 bits per heavy atom. The van der Waals surface area contributed by atoms with Gasteiger partial charge < -0.3 is 25.8 Å². The van der Waals surface area contributed by atoms with Crippen LogP contribution < -0.4 is 10.6 Å². The van der Waals surface area contributed by atoms with Crippen LogP contribution >= 0.6 is 0 Å². The highest BCUT2D eigenvalue weighted by Gasteiger charge is 2.17. The molecule has 0 fully saturated rings. The molecule has 7 nitrogen and oxygen atoms in total. The largest absolute Gasteiger partial charge is 0.508 e. The van der Waals surface area contributed by atoms with Gasteiger partial charge in [0.1, 0.15) is 5.75 Å². The molecular weight excluding hydrogens is 322 g/mol. The van der Waals surface area contributed by atoms with Gasteiger partial charge in [-0.1, -0.05) is 18.2 Å². The molecule has 3 aromatic rings. The molecule has 0 saturated heterocycles. The molecule has 0 spiro atoms. The fourth-order valence-corrected chi connectivity index (χ4v) is 2.46. The number of hydrogen-bond donors (Lipinski definition) is 5. The number of phenols is 1. The minimum Gasteiger partial charge on any atom is -0.508 e. The second-order valence-corrected chi connectivity index (χ2v) is 5.52. The van der Waals surface area contributed by atoms with Crippen molar-refractivity contribution in [2.45, 2.75) is 6.10 Å². The average molecular weight is 339 g/mol. The highest BCUT2D eigenvalue weighted by molar-refractivity contribution is 6.40. The lowest BCUT2D eigenvalue weighted by atomic mass is 10.1. The van der Waals surface area contributed by atoms with Gasteiger partial charge in [0.25, 0.3) is 0 Å². The van der Waals surface area contributed by atoms with Crippen molar-refractivity contribution >= 4 is 28.4 Å². The number of aliphatic hydroxyl groups excluding tert-OH is 1. The summed E-state index contributed by atoms with van der Waals surface area (Å²) in [6, 6.07) is 13.1. The number of aromatic nitrogens is 1. The number of benzene rings is 2. The van der Waals surface area contributed by atoms with E-state index in [1.165, 1.54) is 12.1 Å². The number of rotatable bonds is 4. The van der Waals surface area contributed by atoms with E-state index in [1.807, 2.05) is 6.07 Å². The molecule has 2 amide bonds. The monoisotopic (exact) mass is 339 g/mol. The smallest absolute Gasteiger partial charge is 0.313 e. The van der Waals surface area contributed by atoms with Crippen LogP contribution in [-0.4, -0.2) is 33.6 Å². The number of anilines is 1. The number of fused-ring (bicyclic) bond motifs is 1. The van der Waals surface area contributed by atoms with E-state index in [0.29, 0.717) is 11.3 Å². The molecule has 0 bridgehead atoms. The van der Waals surface area contributed by atoms with Crippen molar-refractivity contribution in [3.8, 4) is 5.75 Å². The lowest BCUT2D eigenvalue weighted by Gasteiger charge is -2.12. The summed E-state index contributed by atoms with van der Waals surface area (Å²) >= 11 is 0. The van der Waals surface area contributed by atoms with Crippen LogP contribution in [0.25, 0.3) is 10.9 Å². The zero-order valence-electron chi connectivity index (χ0n) is 13.2. The number of amides is 2. The SMILES string of the molecule is O=C(NC[C@@H](O)c1ccc(O)cc1)C(=O)Nc1cccc2[nH]ccc12. The lowest BCUT2D eigenvalue weighted by molar-refractivity contribution is -0.136. The van der Waals surface area contributed by atoms with Gasteiger partial charge in [-0.2, -0.15) is 0 Å². The zero-order chi connectivity index (χ0) is 17.8. The van der Waals surface area contributed by atoms with E-state index in [1.54, 1.807) is 36.5 Å². The third kappa shape index (κ3) is 3.78. The lowest BCUT2D eigenvalue weighted by Crippen LogP contribution is -2.37. The van der Waals surface area contributed by atoms with Crippen molar-refractivity contribution in [2.75, 3.05) is 11.9 Å². The van der Waals surface area contributed by atoms with Gasteiger partial charge in [-0.15, -0.1) is 0 Å². The first-order valence-electron chi connectivity index (χ1n) is 7.67. The van der Waals surface area contributed by atoms with Gasteiger partial charge in [-0.25, -0.2) is 0 Å². The molecule has 1 heterocycles. The van der Waals surface area contributed by atoms with E-state index in [2.05, 4.69) is 15.6 Å². The van der Waals surface area contributed by atoms with E-state index in [4.69, 9.17) is 0 Å². The van der Waals surface area contributed by atoms with E-state index >= 15 is 0 Å². The number of carbonyl (C=O) groups is 2. The Labute approximate surface area is 143 Å². The number of hydrogen-bond acceptors (Lipinski definition) is 4. The van der Waals surface area contributed by atoms with Crippen LogP contribution in [0.5, 0.6) is 5.75 Å². The Bertz CT molecular complexity index is 902. The molecule has 7 heteroatoms. The third-order valence-electron chi connectivity index (χ3n) is 3.78. The molecule has 0 aliphatic heterocycles. The number of aromatic amines is 1. The fourth-order valence-electron chi connectivity index (χ4n) is 2.46. The van der Waals surface area contributed by atoms with Crippen molar-refractivity contribution in [3.63, 3.8) is 0 Å². The van der Waals surface area contributed by atoms with Crippen molar-refractivity contribution in [1.29, 1.82) is 0 Å². The summed E-state index contributed by atoms with van der Waals surface area (Å²) < 4.78 is 0. The van der Waals surface area contributed by atoms with Crippen molar-refractivity contribution < 1.29 is 19.8 Å². The summed E-state index contributed by atoms with van der Waals surface area (Å²) in [4.78, 5) is 27.0. The average Bonchev–Trinajstić information content (AvgIpc) is 3.09. The highest BCUT2D eigenvalue weighted by atomic mass is 16.3. The molecule has 0 aliphatic carbocycles. The van der Waals surface area contributed by atoms with E-state index in [-0.39, 0.29) is 12.3 Å². The Morgan fingerprint density at radius 1 is 1.04 bits per heavy atom. The maximum absolute atomic E-state index is 12.0. The van der Waals surface area contributed by atoms with Gasteiger partial charge in [-0.05, 0) is 35.9 Å². The van der Waals surface area contributed by atoms with Gasteiger partial charge in [0.05, 0.1) is 11.8 Å². The highest BCUT2D eigenvalue weighted by Crippen LogP contribution is 2.22. The van der Waals surface area contributed by atoms with Crippen LogP contribution in [-0.2, 0) is 9.59 Å². The van der Waals surface area contributed by atoms with E-state index < -0.39 is 17.9 Å². The Kier molecular flexibility index (Phi) is 4.67. The molecule has 1 aromatic heterocycles. The minimum atomic E-state index is -0.981. The number of nitrogens with one attached hydrogen (secondary N) is 3. The minimum absolute atomic E-state index is 0.0818. The molecule has 128 valence electrons. The Morgan fingerprint density at radius 2 is 1.80 bits per heavy atom. The molecule has 0 aliphatic rings. The van der Waals surface area contributed by atoms with Crippen molar-refractivity contribution in [1.82, 2.24) is 10.3 Å². The fraction of sp³-hybridized carbons (Fsp3) is 0.111. The van der Waals surface area contributed by atoms with Gasteiger partial charge in [0, 0.05) is 23.6 Å². The summed E-state index contributed by atoms with van der Waals surface area (Å²) in [6.07, 6.45) is 0.763. The number of aliphatic hydroxyl groups is 1. The van der Waals surface area contributed by atoms with Gasteiger partial charge >= 0.3 is 11.8 Å². The molecule has 0 radical (unpaired) electrons. The number of carbonyl (C=O) groups excluding carboxylic acids is 2. The zero-order valence-corrected chi connectivity index (χ0v) is 13.2. The second kappa shape index (κ2) is 7.06. The molecule has 0 unspecified atom stereocenters. The summed E-state index contributed by atoms with van der Waals surface area (Å²) in [6.45, 7) is -0.120. The van der Waals surface area contributed by atoms with E-state index in [9.17, 15) is 19.8 Å². The molecule has 1 atom stereocenters. The molecule has 25 heavy (non-hydrogen) atoms. The summed E-state index contributed by atoms with van der Waals surface area (Å²) in [5.41, 5.74) is 1.90. The first-order chi connectivity index (χ1) is 12.0. The van der Waals surface area contributed by atoms with Crippen LogP contribution in [0.2, 0.25) is 0 Å². The summed E-state index contributed by atoms with van der Waals surface area (Å²) in [7, 11) is 0. The first-order valence-corrected chi connectivity index (χ1v) is 7.67. The van der Waals surface area contributed by atoms with Crippen LogP contribution in [0.4, 0.5) is 5.69 Å². The van der Waals surface area contributed by atoms with Gasteiger partial charge in [0.2, 0.25) is 0 Å². The molecule has 5 N–H and O–H groups in total. The van der Waals surface area contributed by atoms with Crippen molar-refractivity contribution in [2.24, 2.45) is 0 Å². The maximum Gasteiger partial charge on any atom is 0.313 e. The Hall–Kier alpha value is -3.32. The van der Waals surface area contributed by atoms with Crippen LogP contribution in [0.15, 0.2) is 54.7 Å². The maximum atomic E-state index is 12.0. The normalized spacial score (nSPS) is 11.9. The standard InChI is InChI=1S/C18H17N3O4/c22-12-6-4-11(5-7-12)16(23)10-20-17(24)18(25)21-15-3-1-2-14-13(15)8-9-19-14/h1-9,16,19,22-23H,10H2,(H,20,24)(H,21,25)/t16-/m1/s1. The van der Waals surface area contributed by atoms with Crippen LogP contribution in [0, 0.1) is 0 Å². The molecule has 2 aromatic carbocycles. The molecular formula is C18H17N3O4. The van der Waals surface area contributed by atoms with Crippen LogP contribution in [0.1, 0.15) is 11.7 Å². The molecule has 3 rings (SSSR count). The third-order valence-corrected chi connectivity index (χ3v) is 3.78.